The number of nitrogens with one attached hydrogen (secondary N) is 1. The maximum Gasteiger partial charge on any atom is 0.273 e. The first-order valence-electron chi connectivity index (χ1n) is 14.5. The number of rotatable bonds is 6. The van der Waals surface area contributed by atoms with Crippen molar-refractivity contribution in [1.82, 2.24) is 9.88 Å². The zero-order valence-corrected chi connectivity index (χ0v) is 25.9. The molecule has 0 saturated heterocycles. The van der Waals surface area contributed by atoms with Gasteiger partial charge in [-0.2, -0.15) is 0 Å². The van der Waals surface area contributed by atoms with Crippen LogP contribution in [0.2, 0.25) is 0 Å². The molecule has 1 N–H and O–H groups in total. The number of hydrogen-bond donors (Lipinski definition) is 1. The number of aliphatic imine (C=N–C) groups is 1. The van der Waals surface area contributed by atoms with E-state index in [1.807, 2.05) is 12.1 Å². The molecule has 216 valence electrons. The molecule has 1 aliphatic carbocycles. The highest BCUT2D eigenvalue weighted by Gasteiger charge is 2.29. The Kier molecular flexibility index (Phi) is 11.1. The van der Waals surface area contributed by atoms with Gasteiger partial charge in [-0.15, -0.1) is 0 Å². The largest absolute Gasteiger partial charge is 0.467 e. The molecule has 0 spiro atoms. The molecule has 1 aromatic heterocycles. The number of para-hydroxylation sites is 1. The standard InChI is InChI=1S/C13H16N2.C12H19FN2OS.C7H14/c1-9(14-4)11-7-5-6-10-8-13(2,3)15-12(10)11;1-4-15-6-5-10-9(7-15)14-11(17-10)16-8-12(2,3)13;1-7-5-3-2-4-6-7/h5-7,15H,1,4,8H2,2-3H3;4-8H2,1-3H3;7H,2-6H2,1H3. The van der Waals surface area contributed by atoms with Crippen molar-refractivity contribution >= 4 is 29.4 Å². The van der Waals surface area contributed by atoms with Crippen LogP contribution in [0, 0.1) is 5.92 Å². The molecule has 0 bridgehead atoms. The number of hydrogen-bond acceptors (Lipinski definition) is 6. The van der Waals surface area contributed by atoms with Crippen LogP contribution in [0.3, 0.4) is 0 Å². The Bertz CT molecular complexity index is 1100. The molecule has 2 aliphatic heterocycles. The van der Waals surface area contributed by atoms with Gasteiger partial charge in [-0.3, -0.25) is 9.89 Å². The van der Waals surface area contributed by atoms with Crippen LogP contribution in [-0.2, 0) is 19.4 Å². The number of benzene rings is 1. The first kappa shape index (κ1) is 31.3. The highest BCUT2D eigenvalue weighted by atomic mass is 32.1. The number of ether oxygens (including phenoxy) is 1. The van der Waals surface area contributed by atoms with E-state index in [4.69, 9.17) is 4.74 Å². The lowest BCUT2D eigenvalue weighted by molar-refractivity contribution is 0.120. The zero-order chi connectivity index (χ0) is 28.6. The lowest BCUT2D eigenvalue weighted by Crippen LogP contribution is -2.29. The third kappa shape index (κ3) is 9.71. The summed E-state index contributed by atoms with van der Waals surface area (Å²) < 4.78 is 18.7. The van der Waals surface area contributed by atoms with Gasteiger partial charge in [0.1, 0.15) is 12.3 Å². The highest BCUT2D eigenvalue weighted by Crippen LogP contribution is 2.37. The van der Waals surface area contributed by atoms with Crippen molar-refractivity contribution in [3.8, 4) is 5.19 Å². The third-order valence-corrected chi connectivity index (χ3v) is 8.49. The van der Waals surface area contributed by atoms with Crippen molar-refractivity contribution < 1.29 is 9.13 Å². The van der Waals surface area contributed by atoms with Gasteiger partial charge in [-0.1, -0.05) is 82.1 Å². The molecule has 0 unspecified atom stereocenters. The maximum atomic E-state index is 13.3. The number of likely N-dealkylation sites (N-methyl/N-ethyl adjacent to an activating group) is 1. The Balaban J connectivity index is 0.000000175. The van der Waals surface area contributed by atoms with Crippen LogP contribution in [0.1, 0.15) is 95.3 Å². The molecule has 3 aliphatic rings. The van der Waals surface area contributed by atoms with Crippen molar-refractivity contribution in [3.05, 3.63) is 46.5 Å². The molecule has 2 aromatic rings. The van der Waals surface area contributed by atoms with Gasteiger partial charge < -0.3 is 10.1 Å². The average molecular weight is 557 g/mol. The van der Waals surface area contributed by atoms with E-state index in [1.54, 1.807) is 11.3 Å². The maximum absolute atomic E-state index is 13.3. The van der Waals surface area contributed by atoms with Gasteiger partial charge in [-0.25, -0.2) is 9.37 Å². The number of anilines is 1. The van der Waals surface area contributed by atoms with Gasteiger partial charge in [0.2, 0.25) is 0 Å². The van der Waals surface area contributed by atoms with E-state index in [0.29, 0.717) is 5.19 Å². The Morgan fingerprint density at radius 1 is 1.28 bits per heavy atom. The fourth-order valence-electron chi connectivity index (χ4n) is 5.18. The molecule has 1 saturated carbocycles. The minimum atomic E-state index is -1.30. The number of thiazole rings is 1. The molecule has 0 atom stereocenters. The SMILES string of the molecule is C=NC(=C)c1cccc2c1NC(C)(C)C2.CC1CCCCC1.CCN1CCc2sc(OCC(C)(C)F)nc2C1. The minimum absolute atomic E-state index is 0.0664. The summed E-state index contributed by atoms with van der Waals surface area (Å²) in [6.45, 7) is 22.4. The summed E-state index contributed by atoms with van der Waals surface area (Å²) in [6, 6.07) is 6.23. The zero-order valence-electron chi connectivity index (χ0n) is 25.0. The smallest absolute Gasteiger partial charge is 0.273 e. The Labute approximate surface area is 240 Å². The molecule has 39 heavy (non-hydrogen) atoms. The lowest BCUT2D eigenvalue weighted by Gasteiger charge is -2.23. The van der Waals surface area contributed by atoms with Crippen molar-refractivity contribution in [2.45, 2.75) is 104 Å². The average Bonchev–Trinajstić information content (AvgIpc) is 3.45. The van der Waals surface area contributed by atoms with E-state index < -0.39 is 5.67 Å². The topological polar surface area (TPSA) is 49.8 Å². The Morgan fingerprint density at radius 3 is 2.59 bits per heavy atom. The van der Waals surface area contributed by atoms with Crippen LogP contribution in [0.25, 0.3) is 5.70 Å². The second-order valence-electron chi connectivity index (χ2n) is 12.3. The summed E-state index contributed by atoms with van der Waals surface area (Å²) in [5.41, 5.74) is 4.23. The van der Waals surface area contributed by atoms with E-state index in [-0.39, 0.29) is 12.1 Å². The molecular weight excluding hydrogens is 507 g/mol. The van der Waals surface area contributed by atoms with Gasteiger partial charge >= 0.3 is 0 Å². The summed E-state index contributed by atoms with van der Waals surface area (Å²) in [5, 5.41) is 4.12. The molecule has 3 heterocycles. The van der Waals surface area contributed by atoms with Crippen molar-refractivity contribution in [2.75, 3.05) is 25.0 Å². The van der Waals surface area contributed by atoms with Crippen LogP contribution >= 0.6 is 11.3 Å². The van der Waals surface area contributed by atoms with E-state index in [9.17, 15) is 4.39 Å². The highest BCUT2D eigenvalue weighted by molar-refractivity contribution is 7.13. The van der Waals surface area contributed by atoms with Crippen LogP contribution in [-0.4, -0.2) is 47.5 Å². The lowest BCUT2D eigenvalue weighted by atomic mass is 9.91. The number of aromatic nitrogens is 1. The van der Waals surface area contributed by atoms with E-state index >= 15 is 0 Å². The second kappa shape index (κ2) is 13.9. The molecule has 1 fully saturated rings. The number of halogens is 1. The molecule has 5 rings (SSSR count). The Morgan fingerprint density at radius 2 is 2.00 bits per heavy atom. The second-order valence-corrected chi connectivity index (χ2v) is 13.4. The number of nitrogens with zero attached hydrogens (tertiary/aromatic N) is 3. The summed E-state index contributed by atoms with van der Waals surface area (Å²) in [6.07, 6.45) is 9.51. The summed E-state index contributed by atoms with van der Waals surface area (Å²) in [4.78, 5) is 12.0. The van der Waals surface area contributed by atoms with Crippen molar-refractivity contribution in [2.24, 2.45) is 10.9 Å². The minimum Gasteiger partial charge on any atom is -0.467 e. The normalized spacial score (nSPS) is 18.3. The van der Waals surface area contributed by atoms with Gasteiger partial charge in [-0.05, 0) is 65.3 Å². The molecular formula is C32H49FN4OS. The molecule has 0 radical (unpaired) electrons. The van der Waals surface area contributed by atoms with Gasteiger partial charge in [0.25, 0.3) is 5.19 Å². The first-order chi connectivity index (χ1) is 18.4. The van der Waals surface area contributed by atoms with E-state index in [2.05, 4.69) is 67.3 Å². The predicted molar refractivity (Wildman–Crippen MR) is 166 cm³/mol. The van der Waals surface area contributed by atoms with Crippen molar-refractivity contribution in [1.29, 1.82) is 0 Å². The molecule has 1 aromatic carbocycles. The molecule has 0 amide bonds. The quantitative estimate of drug-likeness (QED) is 0.363. The van der Waals surface area contributed by atoms with E-state index in [1.165, 1.54) is 62.1 Å². The van der Waals surface area contributed by atoms with Crippen LogP contribution in [0.4, 0.5) is 10.1 Å². The summed E-state index contributed by atoms with van der Waals surface area (Å²) in [5.74, 6) is 1.04. The van der Waals surface area contributed by atoms with Crippen LogP contribution in [0.5, 0.6) is 5.19 Å². The van der Waals surface area contributed by atoms with Crippen molar-refractivity contribution in [3.63, 3.8) is 0 Å². The summed E-state index contributed by atoms with van der Waals surface area (Å²) in [7, 11) is 0. The van der Waals surface area contributed by atoms with Gasteiger partial charge in [0.05, 0.1) is 11.4 Å². The summed E-state index contributed by atoms with van der Waals surface area (Å²) >= 11 is 1.56. The van der Waals surface area contributed by atoms with Crippen LogP contribution < -0.4 is 10.1 Å². The predicted octanol–water partition coefficient (Wildman–Crippen LogP) is 8.34. The molecule has 5 nitrogen and oxygen atoms in total. The van der Waals surface area contributed by atoms with Gasteiger partial charge in [0.15, 0.2) is 0 Å². The first-order valence-corrected chi connectivity index (χ1v) is 15.3. The van der Waals surface area contributed by atoms with E-state index in [0.717, 1.165) is 55.3 Å². The monoisotopic (exact) mass is 556 g/mol. The third-order valence-electron chi connectivity index (χ3n) is 7.42. The number of fused-ring (bicyclic) bond motifs is 2. The molecule has 7 heteroatoms. The Hall–Kier alpha value is -2.25. The number of alkyl halides is 1. The fraction of sp³-hybridized carbons (Fsp3) is 0.625. The fourth-order valence-corrected chi connectivity index (χ4v) is 6.09. The van der Waals surface area contributed by atoms with Crippen LogP contribution in [0.15, 0.2) is 29.8 Å². The van der Waals surface area contributed by atoms with Gasteiger partial charge in [0, 0.05) is 34.8 Å².